The van der Waals surface area contributed by atoms with Gasteiger partial charge in [0.25, 0.3) is 15.9 Å². The third kappa shape index (κ3) is 4.87. The molecule has 0 saturated heterocycles. The predicted octanol–water partition coefficient (Wildman–Crippen LogP) is 4.84. The van der Waals surface area contributed by atoms with E-state index in [4.69, 9.17) is 11.6 Å². The third-order valence-corrected chi connectivity index (χ3v) is 7.08. The summed E-state index contributed by atoms with van der Waals surface area (Å²) in [6.45, 7) is 0.282. The van der Waals surface area contributed by atoms with Gasteiger partial charge in [0.2, 0.25) is 0 Å². The van der Waals surface area contributed by atoms with Crippen molar-refractivity contribution in [3.05, 3.63) is 81.3 Å². The molecule has 4 aromatic rings. The Kier molecular flexibility index (Phi) is 6.24. The molecule has 1 aromatic heterocycles. The minimum atomic E-state index is -4.04. The van der Waals surface area contributed by atoms with Gasteiger partial charge in [0, 0.05) is 16.0 Å². The Balaban J connectivity index is 1.61. The summed E-state index contributed by atoms with van der Waals surface area (Å²) in [6.07, 6.45) is 0. The highest BCUT2D eigenvalue weighted by Gasteiger charge is 2.22. The van der Waals surface area contributed by atoms with Crippen LogP contribution in [0.1, 0.15) is 15.9 Å². The molecule has 7 nitrogen and oxygen atoms in total. The molecule has 0 aliphatic rings. The number of sulfonamides is 1. The normalized spacial score (nSPS) is 11.4. The average molecular weight is 538 g/mol. The molecule has 3 aromatic carbocycles. The first-order chi connectivity index (χ1) is 14.8. The molecule has 1 amide bonds. The zero-order chi connectivity index (χ0) is 22.0. The lowest BCUT2D eigenvalue weighted by atomic mass is 10.1. The monoisotopic (exact) mass is 536 g/mol. The van der Waals surface area contributed by atoms with Gasteiger partial charge in [0.05, 0.1) is 23.0 Å². The number of hydrogen-bond acceptors (Lipinski definition) is 6. The van der Waals surface area contributed by atoms with Crippen molar-refractivity contribution in [1.29, 1.82) is 0 Å². The Morgan fingerprint density at radius 3 is 2.61 bits per heavy atom. The minimum absolute atomic E-state index is 0.0278. The number of hydrogen-bond donors (Lipinski definition) is 2. The molecular weight excluding hydrogens is 524 g/mol. The molecule has 1 heterocycles. The van der Waals surface area contributed by atoms with Gasteiger partial charge in [-0.25, -0.2) is 8.42 Å². The molecule has 4 rings (SSSR count). The van der Waals surface area contributed by atoms with Crippen molar-refractivity contribution in [2.45, 2.75) is 11.4 Å². The highest BCUT2D eigenvalue weighted by Crippen LogP contribution is 2.27. The largest absolute Gasteiger partial charge is 0.348 e. The topological polar surface area (TPSA) is 101 Å². The number of anilines is 1. The fourth-order valence-electron chi connectivity index (χ4n) is 2.88. The van der Waals surface area contributed by atoms with E-state index in [9.17, 15) is 13.2 Å². The van der Waals surface area contributed by atoms with Crippen LogP contribution in [-0.4, -0.2) is 23.1 Å². The smallest absolute Gasteiger partial charge is 0.264 e. The van der Waals surface area contributed by atoms with Gasteiger partial charge in [0.15, 0.2) is 0 Å². The molecule has 0 bridgehead atoms. The Morgan fingerprint density at radius 1 is 1.06 bits per heavy atom. The Morgan fingerprint density at radius 2 is 1.84 bits per heavy atom. The van der Waals surface area contributed by atoms with E-state index in [2.05, 4.69) is 34.7 Å². The molecular formula is C20H14BrClN4O3S2. The molecule has 0 spiro atoms. The number of nitrogens with zero attached hydrogens (tertiary/aromatic N) is 2. The summed E-state index contributed by atoms with van der Waals surface area (Å²) in [4.78, 5) is 12.8. The standard InChI is InChI=1S/C20H14BrClN4O3S2/c21-13-6-4-12(5-7-13)11-23-20(27)15-9-8-14(22)10-17(15)26-31(28,29)18-3-1-2-16-19(18)25-30-24-16/h1-10,26H,11H2,(H,23,27). The number of carbonyl (C=O) groups excluding carboxylic acids is 1. The van der Waals surface area contributed by atoms with Crippen molar-refractivity contribution < 1.29 is 13.2 Å². The van der Waals surface area contributed by atoms with Crippen LogP contribution in [0.25, 0.3) is 11.0 Å². The highest BCUT2D eigenvalue weighted by molar-refractivity contribution is 9.10. The van der Waals surface area contributed by atoms with Gasteiger partial charge in [-0.3, -0.25) is 9.52 Å². The summed E-state index contributed by atoms with van der Waals surface area (Å²) in [7, 11) is -4.04. The van der Waals surface area contributed by atoms with E-state index in [0.29, 0.717) is 5.52 Å². The first-order valence-electron chi connectivity index (χ1n) is 8.90. The lowest BCUT2D eigenvalue weighted by Gasteiger charge is -2.14. The highest BCUT2D eigenvalue weighted by atomic mass is 79.9. The number of fused-ring (bicyclic) bond motifs is 1. The van der Waals surface area contributed by atoms with Crippen LogP contribution >= 0.6 is 39.3 Å². The number of rotatable bonds is 6. The van der Waals surface area contributed by atoms with E-state index in [-0.39, 0.29) is 33.2 Å². The number of halogens is 2. The molecule has 0 unspecified atom stereocenters. The zero-order valence-electron chi connectivity index (χ0n) is 15.7. The lowest BCUT2D eigenvalue weighted by molar-refractivity contribution is 0.0952. The van der Waals surface area contributed by atoms with E-state index >= 15 is 0 Å². The zero-order valence-corrected chi connectivity index (χ0v) is 19.6. The lowest BCUT2D eigenvalue weighted by Crippen LogP contribution is -2.25. The van der Waals surface area contributed by atoms with E-state index < -0.39 is 15.9 Å². The van der Waals surface area contributed by atoms with Crippen LogP contribution in [0.2, 0.25) is 5.02 Å². The second kappa shape index (κ2) is 8.91. The molecule has 158 valence electrons. The van der Waals surface area contributed by atoms with Gasteiger partial charge in [0.1, 0.15) is 15.9 Å². The van der Waals surface area contributed by atoms with Crippen molar-refractivity contribution >= 4 is 71.9 Å². The maximum atomic E-state index is 13.1. The van der Waals surface area contributed by atoms with E-state index in [1.807, 2.05) is 24.3 Å². The maximum absolute atomic E-state index is 13.1. The first kappa shape index (κ1) is 21.7. The summed E-state index contributed by atoms with van der Waals surface area (Å²) in [6, 6.07) is 16.6. The quantitative estimate of drug-likeness (QED) is 0.367. The average Bonchev–Trinajstić information content (AvgIpc) is 3.22. The molecule has 2 N–H and O–H groups in total. The summed E-state index contributed by atoms with van der Waals surface area (Å²) in [5.74, 6) is -0.439. The second-order valence-electron chi connectivity index (χ2n) is 6.49. The molecule has 11 heteroatoms. The first-order valence-corrected chi connectivity index (χ1v) is 12.3. The van der Waals surface area contributed by atoms with Gasteiger partial charge in [-0.2, -0.15) is 8.75 Å². The minimum Gasteiger partial charge on any atom is -0.348 e. The fraction of sp³-hybridized carbons (Fsp3) is 0.0500. The second-order valence-corrected chi connectivity index (χ2v) is 10.0. The Bertz CT molecular complexity index is 1370. The van der Waals surface area contributed by atoms with Gasteiger partial charge >= 0.3 is 0 Å². The van der Waals surface area contributed by atoms with Crippen molar-refractivity contribution in [1.82, 2.24) is 14.1 Å². The summed E-state index contributed by atoms with van der Waals surface area (Å²) >= 11 is 10.4. The SMILES string of the molecule is O=C(NCc1ccc(Br)cc1)c1ccc(Cl)cc1NS(=O)(=O)c1cccc2nsnc12. The molecule has 0 aliphatic carbocycles. The van der Waals surface area contributed by atoms with E-state index in [1.54, 1.807) is 12.1 Å². The Hall–Kier alpha value is -2.53. The number of amides is 1. The molecule has 31 heavy (non-hydrogen) atoms. The van der Waals surface area contributed by atoms with Crippen LogP contribution in [-0.2, 0) is 16.6 Å². The van der Waals surface area contributed by atoms with Gasteiger partial charge in [-0.05, 0) is 48.0 Å². The van der Waals surface area contributed by atoms with Gasteiger partial charge < -0.3 is 5.32 Å². The van der Waals surface area contributed by atoms with Crippen molar-refractivity contribution in [3.8, 4) is 0 Å². The van der Waals surface area contributed by atoms with Crippen LogP contribution in [0.5, 0.6) is 0 Å². The number of nitrogens with one attached hydrogen (secondary N) is 2. The molecule has 0 fully saturated rings. The Labute approximate surface area is 196 Å². The van der Waals surface area contributed by atoms with E-state index in [0.717, 1.165) is 21.8 Å². The number of aromatic nitrogens is 2. The van der Waals surface area contributed by atoms with Crippen LogP contribution in [0.4, 0.5) is 5.69 Å². The van der Waals surface area contributed by atoms with Crippen LogP contribution in [0.3, 0.4) is 0 Å². The van der Waals surface area contributed by atoms with E-state index in [1.165, 1.54) is 24.3 Å². The fourth-order valence-corrected chi connectivity index (χ4v) is 5.15. The number of carbonyl (C=O) groups is 1. The molecule has 0 atom stereocenters. The summed E-state index contributed by atoms with van der Waals surface area (Å²) < 4.78 is 37.7. The molecule has 0 saturated carbocycles. The molecule has 0 aliphatic heterocycles. The van der Waals surface area contributed by atoms with Gasteiger partial charge in [-0.1, -0.05) is 45.7 Å². The van der Waals surface area contributed by atoms with Crippen LogP contribution < -0.4 is 10.0 Å². The summed E-state index contributed by atoms with van der Waals surface area (Å²) in [5, 5.41) is 3.08. The van der Waals surface area contributed by atoms with Gasteiger partial charge in [-0.15, -0.1) is 0 Å². The van der Waals surface area contributed by atoms with Crippen molar-refractivity contribution in [3.63, 3.8) is 0 Å². The maximum Gasteiger partial charge on any atom is 0.264 e. The molecule has 0 radical (unpaired) electrons. The van der Waals surface area contributed by atoms with Crippen molar-refractivity contribution in [2.24, 2.45) is 0 Å². The van der Waals surface area contributed by atoms with Crippen molar-refractivity contribution in [2.75, 3.05) is 4.72 Å². The number of benzene rings is 3. The van der Waals surface area contributed by atoms with Crippen LogP contribution in [0, 0.1) is 0 Å². The van der Waals surface area contributed by atoms with Crippen LogP contribution in [0.15, 0.2) is 70.0 Å². The third-order valence-electron chi connectivity index (χ3n) is 4.38. The summed E-state index contributed by atoms with van der Waals surface area (Å²) in [5.41, 5.74) is 1.86. The predicted molar refractivity (Wildman–Crippen MR) is 125 cm³/mol.